The van der Waals surface area contributed by atoms with Gasteiger partial charge in [0, 0.05) is 30.1 Å². The summed E-state index contributed by atoms with van der Waals surface area (Å²) >= 11 is 0. The average molecular weight is 262 g/mol. The highest BCUT2D eigenvalue weighted by Crippen LogP contribution is 2.15. The molecule has 0 aromatic heterocycles. The average Bonchev–Trinajstić information content (AvgIpc) is 2.39. The molecule has 0 spiro atoms. The highest BCUT2D eigenvalue weighted by Gasteiger charge is 2.10. The van der Waals surface area contributed by atoms with Crippen molar-refractivity contribution in [3.8, 4) is 0 Å². The molecule has 100 valence electrons. The summed E-state index contributed by atoms with van der Waals surface area (Å²) < 4.78 is 26.8. The van der Waals surface area contributed by atoms with Gasteiger partial charge in [0.2, 0.25) is 0 Å². The second-order valence-electron chi connectivity index (χ2n) is 3.89. The maximum absolute atomic E-state index is 13.6. The summed E-state index contributed by atoms with van der Waals surface area (Å²) in [4.78, 5) is 8.11. The highest BCUT2D eigenvalue weighted by atomic mass is 19.2. The molecule has 0 bridgehead atoms. The Morgan fingerprint density at radius 3 is 2.58 bits per heavy atom. The van der Waals surface area contributed by atoms with Crippen LogP contribution in [0.1, 0.15) is 19.4 Å². The molecule has 1 aromatic carbocycles. The van der Waals surface area contributed by atoms with E-state index in [4.69, 9.17) is 0 Å². The van der Waals surface area contributed by atoms with Gasteiger partial charge in [-0.15, -0.1) is 0 Å². The van der Waals surface area contributed by atoms with Crippen molar-refractivity contribution in [1.29, 1.82) is 0 Å². The van der Waals surface area contributed by atoms with E-state index in [-0.39, 0.29) is 5.56 Å². The third-order valence-corrected chi connectivity index (χ3v) is 2.52. The second-order valence-corrected chi connectivity index (χ2v) is 3.89. The van der Waals surface area contributed by atoms with Crippen LogP contribution in [0.15, 0.2) is 52.1 Å². The molecule has 1 aromatic rings. The van der Waals surface area contributed by atoms with Crippen LogP contribution < -0.4 is 0 Å². The second kappa shape index (κ2) is 6.73. The van der Waals surface area contributed by atoms with E-state index >= 15 is 0 Å². The van der Waals surface area contributed by atoms with Crippen molar-refractivity contribution >= 4 is 11.9 Å². The standard InChI is InChI=1S/C15H16F2N2/c1-5-14(10(2)9-18-4)19-11(3)12-7-6-8-13(16)15(12)17/h5-9H,2H2,1,3-4H3/b14-5+,18-9?,19-11?. The Hall–Kier alpha value is -2.10. The van der Waals surface area contributed by atoms with Crippen LogP contribution in [-0.4, -0.2) is 19.0 Å². The Morgan fingerprint density at radius 2 is 2.00 bits per heavy atom. The van der Waals surface area contributed by atoms with Gasteiger partial charge < -0.3 is 0 Å². The molecule has 0 unspecified atom stereocenters. The third-order valence-electron chi connectivity index (χ3n) is 2.52. The molecule has 19 heavy (non-hydrogen) atoms. The number of rotatable bonds is 4. The molecule has 0 aliphatic rings. The van der Waals surface area contributed by atoms with E-state index in [1.165, 1.54) is 12.1 Å². The van der Waals surface area contributed by atoms with E-state index in [0.717, 1.165) is 6.07 Å². The molecule has 2 nitrogen and oxygen atoms in total. The van der Waals surface area contributed by atoms with Crippen molar-refractivity contribution in [3.63, 3.8) is 0 Å². The predicted molar refractivity (Wildman–Crippen MR) is 75.9 cm³/mol. The van der Waals surface area contributed by atoms with Crippen LogP contribution in [-0.2, 0) is 0 Å². The minimum Gasteiger partial charge on any atom is -0.296 e. The Kier molecular flexibility index (Phi) is 5.30. The Labute approximate surface area is 111 Å². The molecule has 0 saturated heterocycles. The lowest BCUT2D eigenvalue weighted by Gasteiger charge is -2.06. The van der Waals surface area contributed by atoms with Crippen LogP contribution in [0.2, 0.25) is 0 Å². The Morgan fingerprint density at radius 1 is 1.32 bits per heavy atom. The largest absolute Gasteiger partial charge is 0.296 e. The number of halogens is 2. The predicted octanol–water partition coefficient (Wildman–Crippen LogP) is 3.93. The van der Waals surface area contributed by atoms with Gasteiger partial charge >= 0.3 is 0 Å². The quantitative estimate of drug-likeness (QED) is 0.580. The molecule has 0 fully saturated rings. The highest BCUT2D eigenvalue weighted by molar-refractivity contribution is 6.00. The van der Waals surface area contributed by atoms with Gasteiger partial charge in [0.25, 0.3) is 0 Å². The van der Waals surface area contributed by atoms with Crippen molar-refractivity contribution in [2.24, 2.45) is 9.98 Å². The summed E-state index contributed by atoms with van der Waals surface area (Å²) in [7, 11) is 1.63. The molecular formula is C15H16F2N2. The number of hydrogen-bond donors (Lipinski definition) is 0. The Bertz CT molecular complexity index is 570. The van der Waals surface area contributed by atoms with Gasteiger partial charge in [-0.25, -0.2) is 8.78 Å². The van der Waals surface area contributed by atoms with E-state index in [1.54, 1.807) is 33.2 Å². The zero-order valence-electron chi connectivity index (χ0n) is 11.2. The number of nitrogens with zero attached hydrogens (tertiary/aromatic N) is 2. The smallest absolute Gasteiger partial charge is 0.167 e. The van der Waals surface area contributed by atoms with Gasteiger partial charge in [-0.1, -0.05) is 18.7 Å². The molecule has 4 heteroatoms. The van der Waals surface area contributed by atoms with E-state index in [1.807, 2.05) is 0 Å². The molecule has 0 radical (unpaired) electrons. The topological polar surface area (TPSA) is 24.7 Å². The molecular weight excluding hydrogens is 246 g/mol. The lowest BCUT2D eigenvalue weighted by molar-refractivity contribution is 0.507. The first-order valence-corrected chi connectivity index (χ1v) is 5.78. The van der Waals surface area contributed by atoms with Crippen LogP contribution in [0.4, 0.5) is 8.78 Å². The van der Waals surface area contributed by atoms with Crippen molar-refractivity contribution in [2.75, 3.05) is 7.05 Å². The third kappa shape index (κ3) is 3.68. The number of benzene rings is 1. The van der Waals surface area contributed by atoms with Gasteiger partial charge in [-0.05, 0) is 26.0 Å². The summed E-state index contributed by atoms with van der Waals surface area (Å²) in [6, 6.07) is 4.01. The molecule has 0 atom stereocenters. The van der Waals surface area contributed by atoms with Crippen molar-refractivity contribution in [2.45, 2.75) is 13.8 Å². The van der Waals surface area contributed by atoms with Crippen molar-refractivity contribution < 1.29 is 8.78 Å². The lowest BCUT2D eigenvalue weighted by Crippen LogP contribution is -2.02. The molecule has 0 aliphatic carbocycles. The van der Waals surface area contributed by atoms with E-state index in [9.17, 15) is 8.78 Å². The fourth-order valence-electron chi connectivity index (χ4n) is 1.57. The van der Waals surface area contributed by atoms with Crippen molar-refractivity contribution in [3.05, 3.63) is 59.3 Å². The summed E-state index contributed by atoms with van der Waals surface area (Å²) in [5.74, 6) is -1.78. The van der Waals surface area contributed by atoms with Gasteiger partial charge in [-0.3, -0.25) is 9.98 Å². The van der Waals surface area contributed by atoms with E-state index < -0.39 is 11.6 Å². The van der Waals surface area contributed by atoms with Gasteiger partial charge in [0.15, 0.2) is 11.6 Å². The summed E-state index contributed by atoms with van der Waals surface area (Å²) in [6.45, 7) is 7.23. The maximum Gasteiger partial charge on any atom is 0.167 e. The molecule has 0 saturated carbocycles. The molecule has 0 heterocycles. The van der Waals surface area contributed by atoms with E-state index in [0.29, 0.717) is 17.0 Å². The van der Waals surface area contributed by atoms with Crippen LogP contribution >= 0.6 is 0 Å². The summed E-state index contributed by atoms with van der Waals surface area (Å²) in [5.41, 5.74) is 1.71. The molecule has 1 rings (SSSR count). The molecule has 0 amide bonds. The Balaban J connectivity index is 3.17. The normalized spacial score (nSPS) is 13.1. The number of hydrogen-bond acceptors (Lipinski definition) is 2. The summed E-state index contributed by atoms with van der Waals surface area (Å²) in [6.07, 6.45) is 3.30. The number of allylic oxidation sites excluding steroid dienone is 2. The minimum absolute atomic E-state index is 0.139. The lowest BCUT2D eigenvalue weighted by atomic mass is 10.1. The van der Waals surface area contributed by atoms with Crippen LogP contribution in [0.5, 0.6) is 0 Å². The van der Waals surface area contributed by atoms with E-state index in [2.05, 4.69) is 16.6 Å². The maximum atomic E-state index is 13.6. The SMILES string of the molecule is C=C(C=NC)/C(=C\C)N=C(C)c1cccc(F)c1F. The van der Waals surface area contributed by atoms with Gasteiger partial charge in [0.05, 0.1) is 5.70 Å². The van der Waals surface area contributed by atoms with Crippen molar-refractivity contribution in [1.82, 2.24) is 0 Å². The zero-order chi connectivity index (χ0) is 14.4. The molecule has 0 aliphatic heterocycles. The minimum atomic E-state index is -0.894. The fourth-order valence-corrected chi connectivity index (χ4v) is 1.57. The first-order chi connectivity index (χ1) is 9.01. The zero-order valence-corrected chi connectivity index (χ0v) is 11.2. The molecule has 0 N–H and O–H groups in total. The first-order valence-electron chi connectivity index (χ1n) is 5.78. The van der Waals surface area contributed by atoms with Crippen LogP contribution in [0.25, 0.3) is 0 Å². The van der Waals surface area contributed by atoms with Gasteiger partial charge in [-0.2, -0.15) is 0 Å². The number of aliphatic imine (C=N–C) groups is 2. The van der Waals surface area contributed by atoms with Crippen LogP contribution in [0, 0.1) is 11.6 Å². The summed E-state index contributed by atoms with van der Waals surface area (Å²) in [5, 5.41) is 0. The fraction of sp³-hybridized carbons (Fsp3) is 0.200. The monoisotopic (exact) mass is 262 g/mol. The van der Waals surface area contributed by atoms with Gasteiger partial charge in [0.1, 0.15) is 0 Å². The first kappa shape index (κ1) is 15.0. The van der Waals surface area contributed by atoms with Crippen LogP contribution in [0.3, 0.4) is 0 Å².